The van der Waals surface area contributed by atoms with E-state index in [1.807, 2.05) is 11.3 Å². The molecule has 2 aromatic rings. The van der Waals surface area contributed by atoms with Gasteiger partial charge in [-0.25, -0.2) is 4.98 Å². The van der Waals surface area contributed by atoms with Gasteiger partial charge in [-0.3, -0.25) is 4.79 Å². The molecule has 1 aromatic carbocycles. The van der Waals surface area contributed by atoms with E-state index in [0.29, 0.717) is 30.5 Å². The number of quaternary nitrogens is 1. The first kappa shape index (κ1) is 17.9. The highest BCUT2D eigenvalue weighted by Crippen LogP contribution is 2.31. The molecule has 1 aromatic heterocycles. The number of amides is 1. The van der Waals surface area contributed by atoms with E-state index in [2.05, 4.69) is 43.0 Å². The lowest BCUT2D eigenvalue weighted by molar-refractivity contribution is -0.897. The molecule has 4 nitrogen and oxygen atoms in total. The van der Waals surface area contributed by atoms with E-state index >= 15 is 0 Å². The maximum atomic E-state index is 12.9. The smallest absolute Gasteiger partial charge is 0.278 e. The molecule has 2 fully saturated rings. The normalized spacial score (nSPS) is 29.8. The summed E-state index contributed by atoms with van der Waals surface area (Å²) in [7, 11) is 0. The fourth-order valence-electron chi connectivity index (χ4n) is 4.73. The van der Waals surface area contributed by atoms with Crippen molar-refractivity contribution in [1.82, 2.24) is 9.88 Å². The fourth-order valence-corrected chi connectivity index (χ4v) is 5.87. The zero-order valence-corrected chi connectivity index (χ0v) is 16.7. The van der Waals surface area contributed by atoms with E-state index in [4.69, 9.17) is 4.98 Å². The molecule has 0 bridgehead atoms. The van der Waals surface area contributed by atoms with Crippen LogP contribution in [0, 0.1) is 0 Å². The lowest BCUT2D eigenvalue weighted by Crippen LogP contribution is -3.14. The molecule has 0 aliphatic carbocycles. The van der Waals surface area contributed by atoms with Crippen molar-refractivity contribution in [2.24, 2.45) is 0 Å². The number of hydrogen-bond donors (Lipinski definition) is 1. The van der Waals surface area contributed by atoms with Gasteiger partial charge >= 0.3 is 0 Å². The first-order valence-electron chi connectivity index (χ1n) is 10.1. The van der Waals surface area contributed by atoms with Crippen molar-refractivity contribution in [2.45, 2.75) is 64.0 Å². The summed E-state index contributed by atoms with van der Waals surface area (Å²) in [5.74, 6) is 0.928. The molecule has 0 unspecified atom stereocenters. The molecule has 140 valence electrons. The summed E-state index contributed by atoms with van der Waals surface area (Å²) in [6, 6.07) is 9.24. The summed E-state index contributed by atoms with van der Waals surface area (Å²) in [5.41, 5.74) is 1.13. The number of rotatable bonds is 3. The summed E-state index contributed by atoms with van der Waals surface area (Å²) in [4.78, 5) is 21.3. The second-order valence-corrected chi connectivity index (χ2v) is 9.21. The Morgan fingerprint density at radius 2 is 1.85 bits per heavy atom. The van der Waals surface area contributed by atoms with Gasteiger partial charge in [-0.2, -0.15) is 0 Å². The molecule has 0 saturated carbocycles. The summed E-state index contributed by atoms with van der Waals surface area (Å²) >= 11 is 1.85. The molecule has 3 heterocycles. The Balaban J connectivity index is 1.34. The Morgan fingerprint density at radius 3 is 2.54 bits per heavy atom. The number of fused-ring (bicyclic) bond motifs is 1. The number of para-hydroxylation sites is 1. The SMILES string of the molecule is C[C@@H]1CCC[C@@H](C)N1C(=O)C[NH+]1CCC(c2nc3ccccc3s2)CC1. The van der Waals surface area contributed by atoms with Crippen LogP contribution < -0.4 is 4.90 Å². The van der Waals surface area contributed by atoms with Crippen molar-refractivity contribution >= 4 is 27.5 Å². The van der Waals surface area contributed by atoms with Crippen LogP contribution in [0.15, 0.2) is 24.3 Å². The molecular weight excluding hydrogens is 342 g/mol. The van der Waals surface area contributed by atoms with Gasteiger partial charge in [0.25, 0.3) is 5.91 Å². The molecule has 26 heavy (non-hydrogen) atoms. The summed E-state index contributed by atoms with van der Waals surface area (Å²) in [6.45, 7) is 7.26. The number of benzene rings is 1. The molecular formula is C21H30N3OS+. The van der Waals surface area contributed by atoms with E-state index in [0.717, 1.165) is 44.3 Å². The van der Waals surface area contributed by atoms with E-state index in [9.17, 15) is 4.79 Å². The van der Waals surface area contributed by atoms with Crippen LogP contribution >= 0.6 is 11.3 Å². The maximum absolute atomic E-state index is 12.9. The Morgan fingerprint density at radius 1 is 1.15 bits per heavy atom. The third-order valence-electron chi connectivity index (χ3n) is 6.24. The minimum absolute atomic E-state index is 0.359. The number of carbonyl (C=O) groups excluding carboxylic acids is 1. The van der Waals surface area contributed by atoms with E-state index in [-0.39, 0.29) is 0 Å². The van der Waals surface area contributed by atoms with Crippen molar-refractivity contribution in [1.29, 1.82) is 0 Å². The third-order valence-corrected chi connectivity index (χ3v) is 7.43. The van der Waals surface area contributed by atoms with Crippen molar-refractivity contribution in [3.8, 4) is 0 Å². The number of thiazole rings is 1. The molecule has 1 N–H and O–H groups in total. The Kier molecular flexibility index (Phi) is 5.28. The van der Waals surface area contributed by atoms with Crippen LogP contribution in [-0.4, -0.2) is 47.5 Å². The molecule has 2 atom stereocenters. The summed E-state index contributed by atoms with van der Waals surface area (Å²) < 4.78 is 1.29. The highest BCUT2D eigenvalue weighted by Gasteiger charge is 2.33. The minimum atomic E-state index is 0.359. The maximum Gasteiger partial charge on any atom is 0.278 e. The minimum Gasteiger partial charge on any atom is -0.332 e. The number of piperidine rings is 2. The van der Waals surface area contributed by atoms with E-state index in [1.54, 1.807) is 0 Å². The monoisotopic (exact) mass is 372 g/mol. The standard InChI is InChI=1S/C21H29N3OS/c1-15-6-5-7-16(2)24(15)20(25)14-23-12-10-17(11-13-23)21-22-18-8-3-4-9-19(18)26-21/h3-4,8-9,15-17H,5-7,10-14H2,1-2H3/p+1/t15-,16-/m1/s1. The molecule has 5 heteroatoms. The van der Waals surface area contributed by atoms with Crippen LogP contribution in [0.4, 0.5) is 0 Å². The average Bonchev–Trinajstić information content (AvgIpc) is 3.06. The van der Waals surface area contributed by atoms with E-state index in [1.165, 1.54) is 21.0 Å². The Hall–Kier alpha value is -1.46. The first-order chi connectivity index (χ1) is 12.6. The van der Waals surface area contributed by atoms with Crippen LogP contribution in [-0.2, 0) is 4.79 Å². The van der Waals surface area contributed by atoms with Gasteiger partial charge < -0.3 is 9.80 Å². The van der Waals surface area contributed by atoms with Crippen molar-refractivity contribution in [3.63, 3.8) is 0 Å². The lowest BCUT2D eigenvalue weighted by Gasteiger charge is -2.40. The molecule has 4 rings (SSSR count). The van der Waals surface area contributed by atoms with Crippen LogP contribution in [0.1, 0.15) is 56.9 Å². The quantitative estimate of drug-likeness (QED) is 0.900. The number of nitrogens with one attached hydrogen (secondary N) is 1. The Labute approximate surface area is 160 Å². The van der Waals surface area contributed by atoms with Crippen LogP contribution in [0.25, 0.3) is 10.2 Å². The molecule has 0 radical (unpaired) electrons. The zero-order valence-electron chi connectivity index (χ0n) is 15.9. The van der Waals surface area contributed by atoms with Crippen LogP contribution in [0.3, 0.4) is 0 Å². The van der Waals surface area contributed by atoms with Crippen molar-refractivity contribution < 1.29 is 9.69 Å². The van der Waals surface area contributed by atoms with Gasteiger partial charge in [0.15, 0.2) is 6.54 Å². The second kappa shape index (κ2) is 7.65. The highest BCUT2D eigenvalue weighted by atomic mass is 32.1. The molecule has 2 aliphatic rings. The van der Waals surface area contributed by atoms with Gasteiger partial charge in [0.2, 0.25) is 0 Å². The summed E-state index contributed by atoms with van der Waals surface area (Å²) in [6.07, 6.45) is 5.86. The fraction of sp³-hybridized carbons (Fsp3) is 0.619. The topological polar surface area (TPSA) is 37.6 Å². The lowest BCUT2D eigenvalue weighted by atomic mass is 9.96. The number of carbonyl (C=O) groups is 1. The number of hydrogen-bond acceptors (Lipinski definition) is 3. The van der Waals surface area contributed by atoms with E-state index < -0.39 is 0 Å². The van der Waals surface area contributed by atoms with Gasteiger partial charge in [-0.15, -0.1) is 11.3 Å². The predicted octanol–water partition coefficient (Wildman–Crippen LogP) is 2.85. The first-order valence-corrected chi connectivity index (χ1v) is 10.9. The van der Waals surface area contributed by atoms with Crippen molar-refractivity contribution in [2.75, 3.05) is 19.6 Å². The molecule has 2 aliphatic heterocycles. The van der Waals surface area contributed by atoms with Crippen LogP contribution in [0.5, 0.6) is 0 Å². The molecule has 1 amide bonds. The van der Waals surface area contributed by atoms with Gasteiger partial charge in [0.1, 0.15) is 0 Å². The van der Waals surface area contributed by atoms with Gasteiger partial charge in [0, 0.05) is 30.8 Å². The van der Waals surface area contributed by atoms with Crippen molar-refractivity contribution in [3.05, 3.63) is 29.3 Å². The number of aromatic nitrogens is 1. The van der Waals surface area contributed by atoms with Gasteiger partial charge in [-0.05, 0) is 45.2 Å². The highest BCUT2D eigenvalue weighted by molar-refractivity contribution is 7.18. The Bertz CT molecular complexity index is 722. The molecule has 2 saturated heterocycles. The average molecular weight is 373 g/mol. The predicted molar refractivity (Wildman–Crippen MR) is 107 cm³/mol. The second-order valence-electron chi connectivity index (χ2n) is 8.15. The zero-order chi connectivity index (χ0) is 18.1. The number of nitrogens with zero attached hydrogens (tertiary/aromatic N) is 2. The number of likely N-dealkylation sites (tertiary alicyclic amines) is 2. The third kappa shape index (κ3) is 3.65. The largest absolute Gasteiger partial charge is 0.332 e. The van der Waals surface area contributed by atoms with Crippen LogP contribution in [0.2, 0.25) is 0 Å². The van der Waals surface area contributed by atoms with Gasteiger partial charge in [-0.1, -0.05) is 12.1 Å². The summed E-state index contributed by atoms with van der Waals surface area (Å²) in [5, 5.41) is 1.29. The van der Waals surface area contributed by atoms with Gasteiger partial charge in [0.05, 0.1) is 28.3 Å². The molecule has 0 spiro atoms.